The average molecular weight is 489 g/mol. The minimum absolute atomic E-state index is 0.0155. The Balaban J connectivity index is 1.79. The maximum absolute atomic E-state index is 14.1. The van der Waals surface area contributed by atoms with Crippen LogP contribution in [0.4, 0.5) is 5.69 Å². The second-order valence-corrected chi connectivity index (χ2v) is 9.50. The number of hydrogen-bond acceptors (Lipinski definition) is 6. The third-order valence-corrected chi connectivity index (χ3v) is 7.49. The SMILES string of the molecule is C=CCOC(=O)[C@@H]1[C@H]2C(=O)N(CCO)C(C(=O)N(CC=C)c3ccccc3Cl)C23CC[C@@]1(C)O3. The lowest BCUT2D eigenvalue weighted by molar-refractivity contribution is -0.158. The number of ether oxygens (including phenoxy) is 2. The van der Waals surface area contributed by atoms with Gasteiger partial charge in [0.25, 0.3) is 5.91 Å². The average Bonchev–Trinajstić information content (AvgIpc) is 3.37. The molecule has 3 aliphatic heterocycles. The molecule has 8 nitrogen and oxygen atoms in total. The maximum atomic E-state index is 14.1. The van der Waals surface area contributed by atoms with E-state index in [2.05, 4.69) is 13.2 Å². The monoisotopic (exact) mass is 488 g/mol. The molecule has 1 aromatic rings. The molecule has 4 rings (SSSR count). The van der Waals surface area contributed by atoms with Gasteiger partial charge in [-0.1, -0.05) is 42.5 Å². The molecule has 0 aromatic heterocycles. The molecule has 1 N–H and O–H groups in total. The standard InChI is InChI=1S/C25H29ClN2O6/c1-4-12-27(17-9-7-6-8-16(17)26)22(31)20-25-11-10-24(3,34-25)19(23(32)33-15-5-2)18(25)21(30)28(20)13-14-29/h4-9,18-20,29H,1-2,10-15H2,3H3/t18-,19-,20?,24+,25?/m0/s1. The molecule has 9 heteroatoms. The molecule has 3 saturated heterocycles. The summed E-state index contributed by atoms with van der Waals surface area (Å²) < 4.78 is 11.8. The lowest BCUT2D eigenvalue weighted by Crippen LogP contribution is -2.57. The van der Waals surface area contributed by atoms with Gasteiger partial charge >= 0.3 is 5.97 Å². The number of likely N-dealkylation sites (tertiary alicyclic amines) is 1. The molecule has 3 fully saturated rings. The Labute approximate surface area is 203 Å². The second kappa shape index (κ2) is 9.17. The van der Waals surface area contributed by atoms with E-state index in [-0.39, 0.29) is 26.3 Å². The number of nitrogens with zero attached hydrogens (tertiary/aromatic N) is 2. The van der Waals surface area contributed by atoms with Crippen molar-refractivity contribution in [2.24, 2.45) is 11.8 Å². The van der Waals surface area contributed by atoms with Gasteiger partial charge in [0, 0.05) is 13.1 Å². The molecular weight excluding hydrogens is 460 g/mol. The zero-order valence-corrected chi connectivity index (χ0v) is 19.9. The molecule has 2 bridgehead atoms. The number of hydrogen-bond donors (Lipinski definition) is 1. The Bertz CT molecular complexity index is 1030. The highest BCUT2D eigenvalue weighted by Gasteiger charge is 2.78. The molecule has 182 valence electrons. The first-order valence-corrected chi connectivity index (χ1v) is 11.7. The summed E-state index contributed by atoms with van der Waals surface area (Å²) in [5.74, 6) is -3.09. The number of halogens is 1. The van der Waals surface area contributed by atoms with Crippen LogP contribution < -0.4 is 4.90 Å². The number of carbonyl (C=O) groups is 3. The number of para-hydroxylation sites is 1. The van der Waals surface area contributed by atoms with Crippen LogP contribution in [-0.4, -0.2) is 71.3 Å². The number of carbonyl (C=O) groups excluding carboxylic acids is 3. The van der Waals surface area contributed by atoms with Crippen molar-refractivity contribution in [3.05, 3.63) is 54.6 Å². The normalized spacial score (nSPS) is 31.3. The van der Waals surface area contributed by atoms with E-state index in [1.807, 2.05) is 0 Å². The summed E-state index contributed by atoms with van der Waals surface area (Å²) >= 11 is 6.41. The van der Waals surface area contributed by atoms with Gasteiger partial charge in [0.2, 0.25) is 5.91 Å². The van der Waals surface area contributed by atoms with E-state index in [0.717, 1.165) is 0 Å². The molecule has 1 spiro atoms. The number of aliphatic hydroxyl groups excluding tert-OH is 1. The highest BCUT2D eigenvalue weighted by atomic mass is 35.5. The number of β-amino-alcohol motifs (C(OH)–C–C–N with tert-alkyl or cyclic N) is 1. The van der Waals surface area contributed by atoms with Gasteiger partial charge in [-0.15, -0.1) is 6.58 Å². The zero-order chi connectivity index (χ0) is 24.7. The molecule has 3 heterocycles. The second-order valence-electron chi connectivity index (χ2n) is 9.09. The summed E-state index contributed by atoms with van der Waals surface area (Å²) in [6.07, 6.45) is 3.96. The third-order valence-electron chi connectivity index (χ3n) is 7.17. The van der Waals surface area contributed by atoms with Gasteiger partial charge in [-0.3, -0.25) is 14.4 Å². The molecule has 3 aliphatic rings. The van der Waals surface area contributed by atoms with Crippen LogP contribution in [0.5, 0.6) is 0 Å². The molecule has 2 unspecified atom stereocenters. The van der Waals surface area contributed by atoms with Gasteiger partial charge in [0.1, 0.15) is 24.2 Å². The van der Waals surface area contributed by atoms with E-state index in [0.29, 0.717) is 23.6 Å². The van der Waals surface area contributed by atoms with Gasteiger partial charge in [-0.25, -0.2) is 0 Å². The minimum Gasteiger partial charge on any atom is -0.461 e. The van der Waals surface area contributed by atoms with E-state index in [1.54, 1.807) is 37.3 Å². The molecule has 0 saturated carbocycles. The van der Waals surface area contributed by atoms with Crippen LogP contribution in [0.25, 0.3) is 0 Å². The Kier molecular flexibility index (Phi) is 6.59. The summed E-state index contributed by atoms with van der Waals surface area (Å²) in [4.78, 5) is 43.7. The van der Waals surface area contributed by atoms with Crippen molar-refractivity contribution in [2.75, 3.05) is 31.2 Å². The third kappa shape index (κ3) is 3.56. The van der Waals surface area contributed by atoms with Crippen LogP contribution in [0, 0.1) is 11.8 Å². The summed E-state index contributed by atoms with van der Waals surface area (Å²) in [6, 6.07) is 5.89. The minimum atomic E-state index is -1.21. The molecule has 0 radical (unpaired) electrons. The maximum Gasteiger partial charge on any atom is 0.313 e. The highest BCUT2D eigenvalue weighted by molar-refractivity contribution is 6.34. The van der Waals surface area contributed by atoms with Crippen LogP contribution >= 0.6 is 11.6 Å². The summed E-state index contributed by atoms with van der Waals surface area (Å²) in [7, 11) is 0. The van der Waals surface area contributed by atoms with Crippen LogP contribution in [-0.2, 0) is 23.9 Å². The molecule has 2 amide bonds. The largest absolute Gasteiger partial charge is 0.461 e. The van der Waals surface area contributed by atoms with Gasteiger partial charge in [-0.05, 0) is 31.9 Å². The topological polar surface area (TPSA) is 96.4 Å². The molecule has 34 heavy (non-hydrogen) atoms. The van der Waals surface area contributed by atoms with E-state index in [1.165, 1.54) is 15.9 Å². The van der Waals surface area contributed by atoms with Crippen molar-refractivity contribution in [3.63, 3.8) is 0 Å². The lowest BCUT2D eigenvalue weighted by Gasteiger charge is -2.36. The van der Waals surface area contributed by atoms with Gasteiger partial charge in [0.15, 0.2) is 0 Å². The number of fused-ring (bicyclic) bond motifs is 1. The quantitative estimate of drug-likeness (QED) is 0.423. The first kappa shape index (κ1) is 24.4. The Morgan fingerprint density at radius 3 is 2.71 bits per heavy atom. The molecule has 5 atom stereocenters. The lowest BCUT2D eigenvalue weighted by atomic mass is 9.66. The van der Waals surface area contributed by atoms with Crippen molar-refractivity contribution < 1.29 is 29.0 Å². The first-order chi connectivity index (χ1) is 16.3. The van der Waals surface area contributed by atoms with Crippen molar-refractivity contribution >= 4 is 35.1 Å². The number of benzene rings is 1. The number of amides is 2. The molecule has 1 aromatic carbocycles. The summed E-state index contributed by atoms with van der Waals surface area (Å²) in [6.45, 7) is 8.89. The predicted molar refractivity (Wildman–Crippen MR) is 126 cm³/mol. The van der Waals surface area contributed by atoms with Crippen LogP contribution in [0.1, 0.15) is 19.8 Å². The van der Waals surface area contributed by atoms with Crippen molar-refractivity contribution in [1.82, 2.24) is 4.90 Å². The van der Waals surface area contributed by atoms with Crippen LogP contribution in [0.2, 0.25) is 5.02 Å². The predicted octanol–water partition coefficient (Wildman–Crippen LogP) is 2.35. The number of anilines is 1. The fourth-order valence-electron chi connectivity index (χ4n) is 5.90. The fourth-order valence-corrected chi connectivity index (χ4v) is 6.13. The van der Waals surface area contributed by atoms with E-state index >= 15 is 0 Å². The fraction of sp³-hybridized carbons (Fsp3) is 0.480. The number of aliphatic hydroxyl groups is 1. The number of rotatable bonds is 9. The summed E-state index contributed by atoms with van der Waals surface area (Å²) in [5.41, 5.74) is -1.67. The smallest absolute Gasteiger partial charge is 0.313 e. The van der Waals surface area contributed by atoms with Gasteiger partial charge < -0.3 is 24.4 Å². The van der Waals surface area contributed by atoms with Gasteiger partial charge in [-0.2, -0.15) is 0 Å². The Morgan fingerprint density at radius 1 is 1.32 bits per heavy atom. The van der Waals surface area contributed by atoms with Crippen LogP contribution in [0.15, 0.2) is 49.6 Å². The Morgan fingerprint density at radius 2 is 2.06 bits per heavy atom. The first-order valence-electron chi connectivity index (χ1n) is 11.3. The highest BCUT2D eigenvalue weighted by Crippen LogP contribution is 2.63. The zero-order valence-electron chi connectivity index (χ0n) is 19.1. The molecule has 0 aliphatic carbocycles. The Hall–Kier alpha value is -2.68. The van der Waals surface area contributed by atoms with E-state index in [9.17, 15) is 19.5 Å². The van der Waals surface area contributed by atoms with Gasteiger partial charge in [0.05, 0.1) is 28.8 Å². The van der Waals surface area contributed by atoms with E-state index < -0.39 is 46.9 Å². The van der Waals surface area contributed by atoms with Crippen LogP contribution in [0.3, 0.4) is 0 Å². The van der Waals surface area contributed by atoms with Crippen molar-refractivity contribution in [1.29, 1.82) is 0 Å². The summed E-state index contributed by atoms with van der Waals surface area (Å²) in [5, 5.41) is 10.1. The number of esters is 1. The van der Waals surface area contributed by atoms with Crippen molar-refractivity contribution in [2.45, 2.75) is 37.0 Å². The van der Waals surface area contributed by atoms with Crippen molar-refractivity contribution in [3.8, 4) is 0 Å². The molecular formula is C25H29ClN2O6. The van der Waals surface area contributed by atoms with E-state index in [4.69, 9.17) is 21.1 Å².